The monoisotopic (exact) mass is 210 g/mol. The minimum absolute atomic E-state index is 0.171. The first kappa shape index (κ1) is 11.8. The number of hydrogen-bond donors (Lipinski definition) is 2. The first-order valence-corrected chi connectivity index (χ1v) is 5.24. The molecule has 4 nitrogen and oxygen atoms in total. The van der Waals surface area contributed by atoms with E-state index in [-0.39, 0.29) is 5.91 Å². The Morgan fingerprint density at radius 2 is 2.33 bits per heavy atom. The van der Waals surface area contributed by atoms with E-state index in [4.69, 9.17) is 10.2 Å². The van der Waals surface area contributed by atoms with Gasteiger partial charge in [-0.25, -0.2) is 0 Å². The molecular weight excluding hydrogens is 192 g/mol. The fraction of sp³-hybridized carbons (Fsp3) is 0.545. The van der Waals surface area contributed by atoms with Gasteiger partial charge in [0.1, 0.15) is 5.76 Å². The van der Waals surface area contributed by atoms with E-state index in [0.717, 1.165) is 6.42 Å². The molecule has 4 heteroatoms. The van der Waals surface area contributed by atoms with Crippen LogP contribution in [0.5, 0.6) is 0 Å². The lowest BCUT2D eigenvalue weighted by Gasteiger charge is -2.08. The minimum atomic E-state index is -0.171. The Kier molecular flexibility index (Phi) is 4.37. The summed E-state index contributed by atoms with van der Waals surface area (Å²) in [7, 11) is 0. The second-order valence-electron chi connectivity index (χ2n) is 3.69. The fourth-order valence-corrected chi connectivity index (χ4v) is 1.11. The molecular formula is C11H18N2O2. The molecule has 1 heterocycles. The van der Waals surface area contributed by atoms with Crippen LogP contribution in [-0.2, 0) is 6.54 Å². The molecule has 0 bridgehead atoms. The Morgan fingerprint density at radius 3 is 2.87 bits per heavy atom. The predicted octanol–water partition coefficient (Wildman–Crippen LogP) is 1.51. The highest BCUT2D eigenvalue weighted by Gasteiger charge is 2.10. The van der Waals surface area contributed by atoms with Crippen LogP contribution in [0.2, 0.25) is 0 Å². The number of nitrogens with two attached hydrogens (primary N) is 1. The Morgan fingerprint density at radius 1 is 1.60 bits per heavy atom. The van der Waals surface area contributed by atoms with Crippen molar-refractivity contribution in [1.82, 2.24) is 5.32 Å². The summed E-state index contributed by atoms with van der Waals surface area (Å²) in [5.41, 5.74) is 5.38. The van der Waals surface area contributed by atoms with Crippen molar-refractivity contribution in [3.8, 4) is 0 Å². The number of nitrogens with one attached hydrogen (secondary N) is 1. The van der Waals surface area contributed by atoms with Gasteiger partial charge in [0.2, 0.25) is 0 Å². The molecule has 0 aliphatic heterocycles. The molecule has 1 rings (SSSR count). The standard InChI is InChI=1S/C11H18N2O2/c1-3-8(2)7-13-11(14)10-5-4-9(6-12)15-10/h4-5,8H,3,6-7,12H2,1-2H3,(H,13,14). The topological polar surface area (TPSA) is 68.3 Å². The highest BCUT2D eigenvalue weighted by Crippen LogP contribution is 2.07. The second kappa shape index (κ2) is 5.56. The number of rotatable bonds is 5. The zero-order chi connectivity index (χ0) is 11.3. The molecule has 84 valence electrons. The van der Waals surface area contributed by atoms with Crippen LogP contribution in [0, 0.1) is 5.92 Å². The van der Waals surface area contributed by atoms with E-state index in [1.165, 1.54) is 0 Å². The van der Waals surface area contributed by atoms with Crippen LogP contribution in [-0.4, -0.2) is 12.5 Å². The SMILES string of the molecule is CCC(C)CNC(=O)c1ccc(CN)o1. The summed E-state index contributed by atoms with van der Waals surface area (Å²) in [6.07, 6.45) is 1.05. The van der Waals surface area contributed by atoms with Crippen molar-refractivity contribution in [3.63, 3.8) is 0 Å². The number of furan rings is 1. The van der Waals surface area contributed by atoms with Crippen LogP contribution >= 0.6 is 0 Å². The largest absolute Gasteiger partial charge is 0.455 e. The van der Waals surface area contributed by atoms with Gasteiger partial charge in [-0.3, -0.25) is 4.79 Å². The lowest BCUT2D eigenvalue weighted by Crippen LogP contribution is -2.27. The van der Waals surface area contributed by atoms with Crippen LogP contribution in [0.3, 0.4) is 0 Å². The Bertz CT molecular complexity index is 320. The van der Waals surface area contributed by atoms with Gasteiger partial charge < -0.3 is 15.5 Å². The van der Waals surface area contributed by atoms with E-state index in [1.54, 1.807) is 12.1 Å². The van der Waals surface area contributed by atoms with Gasteiger partial charge in [-0.15, -0.1) is 0 Å². The molecule has 0 aliphatic rings. The highest BCUT2D eigenvalue weighted by atomic mass is 16.4. The van der Waals surface area contributed by atoms with Crippen LogP contribution < -0.4 is 11.1 Å². The normalized spacial score (nSPS) is 12.5. The van der Waals surface area contributed by atoms with Crippen LogP contribution in [0.25, 0.3) is 0 Å². The second-order valence-corrected chi connectivity index (χ2v) is 3.69. The lowest BCUT2D eigenvalue weighted by molar-refractivity contribution is 0.0918. The van der Waals surface area contributed by atoms with Crippen LogP contribution in [0.4, 0.5) is 0 Å². The number of carbonyl (C=O) groups excluding carboxylic acids is 1. The maximum absolute atomic E-state index is 11.5. The fourth-order valence-electron chi connectivity index (χ4n) is 1.11. The van der Waals surface area contributed by atoms with Gasteiger partial charge in [0.05, 0.1) is 6.54 Å². The molecule has 1 aromatic heterocycles. The van der Waals surface area contributed by atoms with Gasteiger partial charge >= 0.3 is 0 Å². The third-order valence-electron chi connectivity index (χ3n) is 2.39. The van der Waals surface area contributed by atoms with Gasteiger partial charge in [-0.1, -0.05) is 20.3 Å². The average molecular weight is 210 g/mol. The molecule has 0 radical (unpaired) electrons. The Balaban J connectivity index is 2.46. The average Bonchev–Trinajstić information content (AvgIpc) is 2.73. The molecule has 0 aromatic carbocycles. The van der Waals surface area contributed by atoms with Crippen molar-refractivity contribution >= 4 is 5.91 Å². The molecule has 1 unspecified atom stereocenters. The molecule has 0 aliphatic carbocycles. The summed E-state index contributed by atoms with van der Waals surface area (Å²) in [5, 5.41) is 2.81. The van der Waals surface area contributed by atoms with Gasteiger partial charge in [-0.05, 0) is 18.1 Å². The highest BCUT2D eigenvalue weighted by molar-refractivity contribution is 5.91. The van der Waals surface area contributed by atoms with Gasteiger partial charge in [-0.2, -0.15) is 0 Å². The van der Waals surface area contributed by atoms with Crippen molar-refractivity contribution in [2.75, 3.05) is 6.54 Å². The molecule has 15 heavy (non-hydrogen) atoms. The molecule has 1 atom stereocenters. The van der Waals surface area contributed by atoms with Crippen LogP contribution in [0.15, 0.2) is 16.5 Å². The van der Waals surface area contributed by atoms with Crippen molar-refractivity contribution in [1.29, 1.82) is 0 Å². The molecule has 3 N–H and O–H groups in total. The molecule has 0 saturated heterocycles. The quantitative estimate of drug-likeness (QED) is 0.774. The Labute approximate surface area is 89.8 Å². The summed E-state index contributed by atoms with van der Waals surface area (Å²) in [4.78, 5) is 11.5. The minimum Gasteiger partial charge on any atom is -0.455 e. The van der Waals surface area contributed by atoms with E-state index >= 15 is 0 Å². The van der Waals surface area contributed by atoms with Crippen molar-refractivity contribution < 1.29 is 9.21 Å². The Hall–Kier alpha value is -1.29. The predicted molar refractivity (Wildman–Crippen MR) is 58.4 cm³/mol. The van der Waals surface area contributed by atoms with Gasteiger partial charge in [0.15, 0.2) is 5.76 Å². The maximum Gasteiger partial charge on any atom is 0.287 e. The van der Waals surface area contributed by atoms with E-state index in [2.05, 4.69) is 19.2 Å². The third kappa shape index (κ3) is 3.40. The van der Waals surface area contributed by atoms with Gasteiger partial charge in [0, 0.05) is 6.54 Å². The molecule has 1 amide bonds. The summed E-state index contributed by atoms with van der Waals surface area (Å²) in [6, 6.07) is 3.37. The lowest BCUT2D eigenvalue weighted by atomic mass is 10.1. The number of carbonyl (C=O) groups is 1. The zero-order valence-electron chi connectivity index (χ0n) is 9.25. The summed E-state index contributed by atoms with van der Waals surface area (Å²) in [5.74, 6) is 1.27. The van der Waals surface area contributed by atoms with E-state index in [0.29, 0.717) is 30.5 Å². The summed E-state index contributed by atoms with van der Waals surface area (Å²) < 4.78 is 5.22. The van der Waals surface area contributed by atoms with Crippen molar-refractivity contribution in [2.45, 2.75) is 26.8 Å². The molecule has 0 saturated carbocycles. The van der Waals surface area contributed by atoms with E-state index in [1.807, 2.05) is 0 Å². The van der Waals surface area contributed by atoms with E-state index < -0.39 is 0 Å². The molecule has 1 aromatic rings. The zero-order valence-corrected chi connectivity index (χ0v) is 9.25. The first-order chi connectivity index (χ1) is 7.17. The van der Waals surface area contributed by atoms with Crippen molar-refractivity contribution in [2.24, 2.45) is 11.7 Å². The van der Waals surface area contributed by atoms with Crippen LogP contribution in [0.1, 0.15) is 36.6 Å². The molecule has 0 fully saturated rings. The molecule has 0 spiro atoms. The van der Waals surface area contributed by atoms with E-state index in [9.17, 15) is 4.79 Å². The number of hydrogen-bond acceptors (Lipinski definition) is 3. The third-order valence-corrected chi connectivity index (χ3v) is 2.39. The number of amides is 1. The summed E-state index contributed by atoms with van der Waals surface area (Å²) >= 11 is 0. The first-order valence-electron chi connectivity index (χ1n) is 5.24. The van der Waals surface area contributed by atoms with Gasteiger partial charge in [0.25, 0.3) is 5.91 Å². The van der Waals surface area contributed by atoms with Crippen molar-refractivity contribution in [3.05, 3.63) is 23.7 Å². The maximum atomic E-state index is 11.5. The summed E-state index contributed by atoms with van der Waals surface area (Å²) in [6.45, 7) is 5.18. The smallest absolute Gasteiger partial charge is 0.287 e.